The monoisotopic (exact) mass is 286 g/mol. The minimum Gasteiger partial charge on any atom is -0.457 e. The second kappa shape index (κ2) is 14.4. The number of carbonyl (C=O) groups excluding carboxylic acids is 2. The van der Waals surface area contributed by atoms with Crippen LogP contribution in [-0.2, 0) is 19.1 Å². The summed E-state index contributed by atoms with van der Waals surface area (Å²) in [6, 6.07) is 0. The lowest BCUT2D eigenvalue weighted by Crippen LogP contribution is -2.21. The van der Waals surface area contributed by atoms with Gasteiger partial charge in [-0.2, -0.15) is 0 Å². The SMILES string of the molecule is CCCCCCCOC(=O)C(=O)OCCCCCCC. The highest BCUT2D eigenvalue weighted by molar-refractivity contribution is 6.29. The predicted molar refractivity (Wildman–Crippen MR) is 79.4 cm³/mol. The summed E-state index contributed by atoms with van der Waals surface area (Å²) in [5.74, 6) is -1.71. The minimum absolute atomic E-state index is 0.314. The largest absolute Gasteiger partial charge is 0.457 e. The summed E-state index contributed by atoms with van der Waals surface area (Å²) in [6.45, 7) is 4.93. The van der Waals surface area contributed by atoms with Crippen molar-refractivity contribution >= 4 is 11.9 Å². The number of hydrogen-bond donors (Lipinski definition) is 0. The van der Waals surface area contributed by atoms with Gasteiger partial charge in [-0.25, -0.2) is 9.59 Å². The van der Waals surface area contributed by atoms with Crippen molar-refractivity contribution < 1.29 is 19.1 Å². The third-order valence-corrected chi connectivity index (χ3v) is 3.13. The molecule has 0 saturated heterocycles. The molecule has 0 fully saturated rings. The predicted octanol–water partition coefficient (Wildman–Crippen LogP) is 4.01. The minimum atomic E-state index is -0.853. The van der Waals surface area contributed by atoms with Crippen molar-refractivity contribution in [2.75, 3.05) is 13.2 Å². The first-order valence-corrected chi connectivity index (χ1v) is 8.06. The fourth-order valence-corrected chi connectivity index (χ4v) is 1.86. The molecule has 20 heavy (non-hydrogen) atoms. The van der Waals surface area contributed by atoms with Crippen molar-refractivity contribution in [3.8, 4) is 0 Å². The van der Waals surface area contributed by atoms with Crippen LogP contribution in [-0.4, -0.2) is 25.2 Å². The Bertz CT molecular complexity index is 225. The summed E-state index contributed by atoms with van der Waals surface area (Å²) in [5.41, 5.74) is 0. The Balaban J connectivity index is 3.40. The van der Waals surface area contributed by atoms with Crippen molar-refractivity contribution in [3.05, 3.63) is 0 Å². The van der Waals surface area contributed by atoms with Crippen LogP contribution in [0.25, 0.3) is 0 Å². The molecular weight excluding hydrogens is 256 g/mol. The number of carbonyl (C=O) groups is 2. The molecule has 0 heterocycles. The highest BCUT2D eigenvalue weighted by atomic mass is 16.6. The zero-order valence-electron chi connectivity index (χ0n) is 13.1. The first-order chi connectivity index (χ1) is 9.72. The van der Waals surface area contributed by atoms with E-state index in [1.807, 2.05) is 0 Å². The molecule has 4 nitrogen and oxygen atoms in total. The quantitative estimate of drug-likeness (QED) is 0.309. The van der Waals surface area contributed by atoms with Crippen molar-refractivity contribution in [3.63, 3.8) is 0 Å². The topological polar surface area (TPSA) is 52.6 Å². The molecule has 0 aliphatic carbocycles. The summed E-state index contributed by atoms with van der Waals surface area (Å²) in [5, 5.41) is 0. The lowest BCUT2D eigenvalue weighted by molar-refractivity contribution is -0.167. The molecule has 0 radical (unpaired) electrons. The Labute approximate surface area is 123 Å². The molecule has 0 bridgehead atoms. The maximum atomic E-state index is 11.3. The maximum absolute atomic E-state index is 11.3. The van der Waals surface area contributed by atoms with Gasteiger partial charge in [0.05, 0.1) is 13.2 Å². The average Bonchev–Trinajstić information content (AvgIpc) is 2.45. The zero-order valence-corrected chi connectivity index (χ0v) is 13.1. The second-order valence-electron chi connectivity index (χ2n) is 5.10. The van der Waals surface area contributed by atoms with Gasteiger partial charge in [-0.15, -0.1) is 0 Å². The van der Waals surface area contributed by atoms with Crippen LogP contribution in [0.1, 0.15) is 78.1 Å². The molecule has 0 aromatic carbocycles. The molecular formula is C16H30O4. The summed E-state index contributed by atoms with van der Waals surface area (Å²) >= 11 is 0. The van der Waals surface area contributed by atoms with Crippen LogP contribution in [0.5, 0.6) is 0 Å². The van der Waals surface area contributed by atoms with Crippen LogP contribution in [0, 0.1) is 0 Å². The van der Waals surface area contributed by atoms with Gasteiger partial charge in [0.15, 0.2) is 0 Å². The average molecular weight is 286 g/mol. The van der Waals surface area contributed by atoms with Crippen molar-refractivity contribution in [1.82, 2.24) is 0 Å². The summed E-state index contributed by atoms with van der Waals surface area (Å²) < 4.78 is 9.73. The number of esters is 2. The molecule has 0 saturated carbocycles. The second-order valence-corrected chi connectivity index (χ2v) is 5.10. The van der Waals surface area contributed by atoms with Crippen molar-refractivity contribution in [1.29, 1.82) is 0 Å². The molecule has 0 N–H and O–H groups in total. The molecule has 0 rings (SSSR count). The van der Waals surface area contributed by atoms with E-state index in [0.717, 1.165) is 38.5 Å². The van der Waals surface area contributed by atoms with E-state index >= 15 is 0 Å². The lowest BCUT2D eigenvalue weighted by atomic mass is 10.2. The first kappa shape index (κ1) is 18.9. The third kappa shape index (κ3) is 12.0. The summed E-state index contributed by atoms with van der Waals surface area (Å²) in [4.78, 5) is 22.6. The molecule has 0 aliphatic heterocycles. The van der Waals surface area contributed by atoms with Gasteiger partial charge in [0, 0.05) is 0 Å². The highest BCUT2D eigenvalue weighted by Gasteiger charge is 2.16. The van der Waals surface area contributed by atoms with E-state index in [4.69, 9.17) is 9.47 Å². The summed E-state index contributed by atoms with van der Waals surface area (Å²) in [6.07, 6.45) is 10.8. The van der Waals surface area contributed by atoms with Crippen LogP contribution in [0.15, 0.2) is 0 Å². The zero-order chi connectivity index (χ0) is 15.1. The fourth-order valence-electron chi connectivity index (χ4n) is 1.86. The number of hydrogen-bond acceptors (Lipinski definition) is 4. The molecule has 118 valence electrons. The van der Waals surface area contributed by atoms with Crippen LogP contribution >= 0.6 is 0 Å². The summed E-state index contributed by atoms with van der Waals surface area (Å²) in [7, 11) is 0. The molecule has 0 unspecified atom stereocenters. The van der Waals surface area contributed by atoms with E-state index in [2.05, 4.69) is 13.8 Å². The molecule has 0 amide bonds. The molecule has 0 aromatic heterocycles. The molecule has 4 heteroatoms. The molecule has 0 spiro atoms. The molecule has 0 aromatic rings. The van der Waals surface area contributed by atoms with Gasteiger partial charge in [-0.05, 0) is 12.8 Å². The van der Waals surface area contributed by atoms with E-state index in [9.17, 15) is 9.59 Å². The highest BCUT2D eigenvalue weighted by Crippen LogP contribution is 2.04. The lowest BCUT2D eigenvalue weighted by Gasteiger charge is -2.05. The van der Waals surface area contributed by atoms with Gasteiger partial charge in [0.1, 0.15) is 0 Å². The van der Waals surface area contributed by atoms with Crippen LogP contribution in [0.3, 0.4) is 0 Å². The smallest absolute Gasteiger partial charge is 0.417 e. The molecule has 0 atom stereocenters. The Morgan fingerprint density at radius 2 is 0.950 bits per heavy atom. The van der Waals surface area contributed by atoms with E-state index in [-0.39, 0.29) is 0 Å². The number of ether oxygens (including phenoxy) is 2. The van der Waals surface area contributed by atoms with Gasteiger partial charge >= 0.3 is 11.9 Å². The van der Waals surface area contributed by atoms with Gasteiger partial charge in [0.2, 0.25) is 0 Å². The molecule has 0 aliphatic rings. The van der Waals surface area contributed by atoms with Crippen molar-refractivity contribution in [2.45, 2.75) is 78.1 Å². The van der Waals surface area contributed by atoms with Gasteiger partial charge < -0.3 is 9.47 Å². The van der Waals surface area contributed by atoms with E-state index < -0.39 is 11.9 Å². The van der Waals surface area contributed by atoms with Gasteiger partial charge in [-0.3, -0.25) is 0 Å². The Hall–Kier alpha value is -1.06. The van der Waals surface area contributed by atoms with E-state index in [1.54, 1.807) is 0 Å². The van der Waals surface area contributed by atoms with E-state index in [0.29, 0.717) is 13.2 Å². The normalized spacial score (nSPS) is 10.3. The first-order valence-electron chi connectivity index (χ1n) is 8.06. The van der Waals surface area contributed by atoms with Crippen LogP contribution < -0.4 is 0 Å². The van der Waals surface area contributed by atoms with Crippen LogP contribution in [0.4, 0.5) is 0 Å². The van der Waals surface area contributed by atoms with Crippen LogP contribution in [0.2, 0.25) is 0 Å². The van der Waals surface area contributed by atoms with E-state index in [1.165, 1.54) is 25.7 Å². The van der Waals surface area contributed by atoms with Gasteiger partial charge in [0.25, 0.3) is 0 Å². The standard InChI is InChI=1S/C16H30O4/c1-3-5-7-9-11-13-19-15(17)16(18)20-14-12-10-8-6-4-2/h3-14H2,1-2H3. The Kier molecular flexibility index (Phi) is 13.6. The van der Waals surface area contributed by atoms with Gasteiger partial charge in [-0.1, -0.05) is 65.2 Å². The van der Waals surface area contributed by atoms with Crippen molar-refractivity contribution in [2.24, 2.45) is 0 Å². The number of unbranched alkanes of at least 4 members (excludes halogenated alkanes) is 8. The third-order valence-electron chi connectivity index (χ3n) is 3.13. The number of rotatable bonds is 12. The maximum Gasteiger partial charge on any atom is 0.417 e. The Morgan fingerprint density at radius 1 is 0.600 bits per heavy atom. The Morgan fingerprint density at radius 3 is 1.30 bits per heavy atom. The fraction of sp³-hybridized carbons (Fsp3) is 0.875.